The molecule has 3 aromatic rings. The second-order valence-electron chi connectivity index (χ2n) is 8.08. The number of phenols is 2. The molecule has 2 aromatic carbocycles. The number of phenolic OH excluding ortho intramolecular Hbond substituents is 2. The van der Waals surface area contributed by atoms with Gasteiger partial charge in [-0.15, -0.1) is 0 Å². The highest BCUT2D eigenvalue weighted by Crippen LogP contribution is 2.48. The molecule has 5 nitrogen and oxygen atoms in total. The zero-order valence-corrected chi connectivity index (χ0v) is 17.4. The maximum Gasteiger partial charge on any atom is 0.262 e. The number of fused-ring (bicyclic) bond motifs is 3. The molecule has 144 valence electrons. The van der Waals surface area contributed by atoms with E-state index in [1.165, 1.54) is 18.2 Å². The van der Waals surface area contributed by atoms with Gasteiger partial charge in [0.05, 0.1) is 23.0 Å². The molecule has 0 spiro atoms. The summed E-state index contributed by atoms with van der Waals surface area (Å²) in [5.74, 6) is -0.642. The molecule has 1 unspecified atom stereocenters. The van der Waals surface area contributed by atoms with Crippen molar-refractivity contribution in [3.63, 3.8) is 0 Å². The second kappa shape index (κ2) is 6.41. The number of aromatic nitrogens is 1. The summed E-state index contributed by atoms with van der Waals surface area (Å²) in [4.78, 5) is 15.4. The van der Waals surface area contributed by atoms with Gasteiger partial charge in [-0.3, -0.25) is 9.69 Å². The highest BCUT2D eigenvalue weighted by atomic mass is 79.9. The lowest BCUT2D eigenvalue weighted by molar-refractivity contribution is 0.0948. The van der Waals surface area contributed by atoms with Crippen LogP contribution in [0.2, 0.25) is 0 Å². The highest BCUT2D eigenvalue weighted by molar-refractivity contribution is 9.10. The molecule has 6 heteroatoms. The van der Waals surface area contributed by atoms with Crippen molar-refractivity contribution in [2.24, 2.45) is 5.41 Å². The number of nitrogens with zero attached hydrogens (tertiary/aromatic N) is 2. The van der Waals surface area contributed by atoms with E-state index >= 15 is 0 Å². The second-order valence-corrected chi connectivity index (χ2v) is 9.00. The maximum absolute atomic E-state index is 13.7. The Hall–Kier alpha value is -2.73. The number of aromatic hydroxyl groups is 2. The Morgan fingerprint density at radius 3 is 2.46 bits per heavy atom. The van der Waals surface area contributed by atoms with Crippen molar-refractivity contribution >= 4 is 27.5 Å². The Bertz CT molecular complexity index is 1080. The van der Waals surface area contributed by atoms with Gasteiger partial charge in [0.25, 0.3) is 5.91 Å². The lowest BCUT2D eigenvalue weighted by Gasteiger charge is -2.44. The van der Waals surface area contributed by atoms with E-state index in [0.29, 0.717) is 0 Å². The molecule has 4 rings (SSSR count). The first kappa shape index (κ1) is 18.6. The normalized spacial score (nSPS) is 15.9. The minimum Gasteiger partial charge on any atom is -0.508 e. The van der Waals surface area contributed by atoms with Crippen LogP contribution >= 0.6 is 15.9 Å². The Morgan fingerprint density at radius 1 is 1.04 bits per heavy atom. The average molecular weight is 441 g/mol. The van der Waals surface area contributed by atoms with Crippen molar-refractivity contribution < 1.29 is 15.0 Å². The molecule has 1 aliphatic heterocycles. The Labute approximate surface area is 172 Å². The van der Waals surface area contributed by atoms with Crippen molar-refractivity contribution in [1.29, 1.82) is 0 Å². The zero-order chi connectivity index (χ0) is 20.2. The van der Waals surface area contributed by atoms with Gasteiger partial charge in [-0.2, -0.15) is 0 Å². The minimum absolute atomic E-state index is 0.0860. The van der Waals surface area contributed by atoms with E-state index in [2.05, 4.69) is 41.3 Å². The average Bonchev–Trinajstić information content (AvgIpc) is 3.08. The third-order valence-corrected chi connectivity index (χ3v) is 5.52. The molecule has 28 heavy (non-hydrogen) atoms. The molecule has 1 atom stereocenters. The molecular formula is C22H21BrN2O3. The summed E-state index contributed by atoms with van der Waals surface area (Å²) in [7, 11) is 0. The zero-order valence-electron chi connectivity index (χ0n) is 15.8. The molecule has 2 N–H and O–H groups in total. The molecule has 0 saturated heterocycles. The molecule has 1 aromatic heterocycles. The Morgan fingerprint density at radius 2 is 1.79 bits per heavy atom. The van der Waals surface area contributed by atoms with Crippen LogP contribution in [0.1, 0.15) is 42.9 Å². The first-order valence-corrected chi connectivity index (χ1v) is 9.80. The number of hydrogen-bond donors (Lipinski definition) is 2. The van der Waals surface area contributed by atoms with Crippen molar-refractivity contribution in [2.75, 3.05) is 4.90 Å². The third kappa shape index (κ3) is 2.88. The molecule has 0 aliphatic carbocycles. The number of anilines is 1. The molecule has 1 amide bonds. The quantitative estimate of drug-likeness (QED) is 0.532. The van der Waals surface area contributed by atoms with Crippen molar-refractivity contribution in [3.05, 3.63) is 70.5 Å². The van der Waals surface area contributed by atoms with Crippen LogP contribution in [0.5, 0.6) is 11.5 Å². The number of carbonyl (C=O) groups is 1. The summed E-state index contributed by atoms with van der Waals surface area (Å²) in [5, 5.41) is 19.9. The van der Waals surface area contributed by atoms with Gasteiger partial charge in [-0.25, -0.2) is 0 Å². The van der Waals surface area contributed by atoms with Crippen LogP contribution in [-0.4, -0.2) is 20.7 Å². The van der Waals surface area contributed by atoms with Crippen LogP contribution in [0.15, 0.2) is 59.2 Å². The Balaban J connectivity index is 1.98. The van der Waals surface area contributed by atoms with Crippen LogP contribution in [0, 0.1) is 5.41 Å². The van der Waals surface area contributed by atoms with Crippen LogP contribution < -0.4 is 4.90 Å². The molecule has 0 radical (unpaired) electrons. The number of benzene rings is 2. The number of rotatable bonds is 1. The lowest BCUT2D eigenvalue weighted by Crippen LogP contribution is -2.45. The van der Waals surface area contributed by atoms with Gasteiger partial charge in [-0.1, -0.05) is 36.7 Å². The summed E-state index contributed by atoms with van der Waals surface area (Å²) in [6.07, 6.45) is 2.00. The predicted octanol–water partition coefficient (Wildman–Crippen LogP) is 5.40. The van der Waals surface area contributed by atoms with Gasteiger partial charge in [0.1, 0.15) is 11.5 Å². The van der Waals surface area contributed by atoms with Crippen molar-refractivity contribution in [1.82, 2.24) is 4.57 Å². The van der Waals surface area contributed by atoms with Gasteiger partial charge < -0.3 is 14.8 Å². The van der Waals surface area contributed by atoms with E-state index in [1.807, 2.05) is 36.5 Å². The summed E-state index contributed by atoms with van der Waals surface area (Å²) >= 11 is 3.52. The van der Waals surface area contributed by atoms with Crippen LogP contribution in [-0.2, 0) is 0 Å². The third-order valence-electron chi connectivity index (χ3n) is 5.03. The fraction of sp³-hybridized carbons (Fsp3) is 0.227. The minimum atomic E-state index is -0.316. The van der Waals surface area contributed by atoms with Crippen molar-refractivity contribution in [3.8, 4) is 17.2 Å². The van der Waals surface area contributed by atoms with Gasteiger partial charge in [-0.05, 0) is 47.9 Å². The van der Waals surface area contributed by atoms with E-state index in [-0.39, 0.29) is 34.4 Å². The van der Waals surface area contributed by atoms with E-state index in [9.17, 15) is 15.0 Å². The van der Waals surface area contributed by atoms with Gasteiger partial charge in [0.2, 0.25) is 0 Å². The topological polar surface area (TPSA) is 65.7 Å². The van der Waals surface area contributed by atoms with E-state index in [0.717, 1.165) is 21.5 Å². The first-order chi connectivity index (χ1) is 13.2. The summed E-state index contributed by atoms with van der Waals surface area (Å²) in [6, 6.07) is 13.7. The lowest BCUT2D eigenvalue weighted by atomic mass is 9.81. The van der Waals surface area contributed by atoms with Gasteiger partial charge >= 0.3 is 0 Å². The number of carbonyl (C=O) groups excluding carboxylic acids is 1. The standard InChI is InChI=1S/C22H21BrN2O3/c1-22(2,3)20-17-5-4-10-24(17)16-9-6-13(23)11-18(16)25(20)21(28)15-8-7-14(26)12-19(15)27/h4-12,20,26-27H,1-3H3. The van der Waals surface area contributed by atoms with E-state index in [4.69, 9.17) is 0 Å². The highest BCUT2D eigenvalue weighted by Gasteiger charge is 2.42. The molecule has 0 saturated carbocycles. The number of amides is 1. The monoisotopic (exact) mass is 440 g/mol. The maximum atomic E-state index is 13.7. The van der Waals surface area contributed by atoms with E-state index in [1.54, 1.807) is 4.90 Å². The van der Waals surface area contributed by atoms with E-state index < -0.39 is 0 Å². The van der Waals surface area contributed by atoms with Crippen LogP contribution in [0.25, 0.3) is 5.69 Å². The van der Waals surface area contributed by atoms with Gasteiger partial charge in [0.15, 0.2) is 0 Å². The SMILES string of the molecule is CC(C)(C)C1c2cccn2-c2ccc(Br)cc2N1C(=O)c1ccc(O)cc1O. The predicted molar refractivity (Wildman–Crippen MR) is 112 cm³/mol. The first-order valence-electron chi connectivity index (χ1n) is 9.01. The van der Waals surface area contributed by atoms with Crippen LogP contribution in [0.3, 0.4) is 0 Å². The molecule has 1 aliphatic rings. The number of halogens is 1. The smallest absolute Gasteiger partial charge is 0.262 e. The molecule has 0 fully saturated rings. The molecule has 0 bridgehead atoms. The largest absolute Gasteiger partial charge is 0.508 e. The number of hydrogen-bond acceptors (Lipinski definition) is 3. The van der Waals surface area contributed by atoms with Crippen molar-refractivity contribution in [2.45, 2.75) is 26.8 Å². The fourth-order valence-corrected chi connectivity index (χ4v) is 4.24. The molecule has 2 heterocycles. The molecular weight excluding hydrogens is 420 g/mol. The summed E-state index contributed by atoms with van der Waals surface area (Å²) in [5.41, 5.74) is 2.55. The van der Waals surface area contributed by atoms with Crippen LogP contribution in [0.4, 0.5) is 5.69 Å². The fourth-order valence-electron chi connectivity index (χ4n) is 3.89. The van der Waals surface area contributed by atoms with Gasteiger partial charge in [0, 0.05) is 22.4 Å². The summed E-state index contributed by atoms with van der Waals surface area (Å²) in [6.45, 7) is 6.28. The Kier molecular flexibility index (Phi) is 4.27. The summed E-state index contributed by atoms with van der Waals surface area (Å²) < 4.78 is 2.97.